The zero-order valence-electron chi connectivity index (χ0n) is 12.9. The number of ether oxygens (including phenoxy) is 1. The van der Waals surface area contributed by atoms with E-state index in [1.54, 1.807) is 0 Å². The average molecular weight is 297 g/mol. The summed E-state index contributed by atoms with van der Waals surface area (Å²) in [5.41, 5.74) is 0.460. The van der Waals surface area contributed by atoms with Crippen molar-refractivity contribution in [2.45, 2.75) is 51.7 Å². The fraction of sp³-hybridized carbons (Fsp3) is 0.647. The third-order valence-corrected chi connectivity index (χ3v) is 4.18. The van der Waals surface area contributed by atoms with Crippen LogP contribution in [0.1, 0.15) is 38.7 Å². The van der Waals surface area contributed by atoms with E-state index in [0.29, 0.717) is 24.0 Å². The molecule has 0 bridgehead atoms. The van der Waals surface area contributed by atoms with E-state index in [1.165, 1.54) is 18.2 Å². The van der Waals surface area contributed by atoms with Crippen LogP contribution in [0, 0.1) is 17.6 Å². The summed E-state index contributed by atoms with van der Waals surface area (Å²) in [5, 5.41) is 3.39. The Kier molecular flexibility index (Phi) is 6.12. The van der Waals surface area contributed by atoms with Crippen molar-refractivity contribution < 1.29 is 13.5 Å². The quantitative estimate of drug-likeness (QED) is 0.790. The van der Waals surface area contributed by atoms with Crippen LogP contribution in [-0.2, 0) is 11.2 Å². The largest absolute Gasteiger partial charge is 0.378 e. The molecule has 1 saturated carbocycles. The molecule has 2 rings (SSSR count). The molecule has 1 aliphatic carbocycles. The van der Waals surface area contributed by atoms with Crippen molar-refractivity contribution in [3.8, 4) is 0 Å². The van der Waals surface area contributed by atoms with E-state index < -0.39 is 0 Å². The van der Waals surface area contributed by atoms with Crippen LogP contribution in [0.5, 0.6) is 0 Å². The highest BCUT2D eigenvalue weighted by Gasteiger charge is 2.31. The van der Waals surface area contributed by atoms with Crippen molar-refractivity contribution in [2.24, 2.45) is 5.92 Å². The van der Waals surface area contributed by atoms with Crippen LogP contribution >= 0.6 is 0 Å². The maximum Gasteiger partial charge on any atom is 0.126 e. The maximum absolute atomic E-state index is 13.8. The van der Waals surface area contributed by atoms with E-state index in [2.05, 4.69) is 5.32 Å². The molecule has 21 heavy (non-hydrogen) atoms. The summed E-state index contributed by atoms with van der Waals surface area (Å²) in [6.45, 7) is 5.66. The molecule has 1 N–H and O–H groups in total. The van der Waals surface area contributed by atoms with E-state index in [0.717, 1.165) is 32.4 Å². The lowest BCUT2D eigenvalue weighted by Gasteiger charge is -2.37. The first kappa shape index (κ1) is 16.4. The Morgan fingerprint density at radius 1 is 1.29 bits per heavy atom. The van der Waals surface area contributed by atoms with Crippen LogP contribution < -0.4 is 5.32 Å². The highest BCUT2D eigenvalue weighted by molar-refractivity contribution is 5.20. The van der Waals surface area contributed by atoms with Gasteiger partial charge in [-0.2, -0.15) is 0 Å². The van der Waals surface area contributed by atoms with Gasteiger partial charge < -0.3 is 10.1 Å². The Balaban J connectivity index is 1.89. The Labute approximate surface area is 125 Å². The standard InChI is InChI=1S/C17H25F2NO/c1-3-20-15(7-12-8-16(9-12)21-4-2)11-13-10-14(18)5-6-17(13)19/h5-6,10,12,15-16,20H,3-4,7-9,11H2,1-2H3. The van der Waals surface area contributed by atoms with E-state index in [-0.39, 0.29) is 17.7 Å². The van der Waals surface area contributed by atoms with Crippen molar-refractivity contribution in [2.75, 3.05) is 13.2 Å². The van der Waals surface area contributed by atoms with Crippen molar-refractivity contribution in [3.63, 3.8) is 0 Å². The monoisotopic (exact) mass is 297 g/mol. The summed E-state index contributed by atoms with van der Waals surface area (Å²) in [6, 6.07) is 3.88. The lowest BCUT2D eigenvalue weighted by atomic mass is 9.77. The molecule has 0 radical (unpaired) electrons. The third kappa shape index (κ3) is 4.75. The number of hydrogen-bond donors (Lipinski definition) is 1. The second-order valence-corrected chi connectivity index (χ2v) is 5.84. The fourth-order valence-corrected chi connectivity index (χ4v) is 3.13. The predicted octanol–water partition coefficient (Wildman–Crippen LogP) is 3.69. The molecule has 4 heteroatoms. The topological polar surface area (TPSA) is 21.3 Å². The van der Waals surface area contributed by atoms with Gasteiger partial charge in [0.25, 0.3) is 0 Å². The van der Waals surface area contributed by atoms with Crippen molar-refractivity contribution in [1.82, 2.24) is 5.32 Å². The summed E-state index contributed by atoms with van der Waals surface area (Å²) in [4.78, 5) is 0. The van der Waals surface area contributed by atoms with E-state index in [4.69, 9.17) is 4.74 Å². The summed E-state index contributed by atoms with van der Waals surface area (Å²) in [7, 11) is 0. The van der Waals surface area contributed by atoms with Gasteiger partial charge in [0, 0.05) is 12.6 Å². The molecule has 1 fully saturated rings. The summed E-state index contributed by atoms with van der Waals surface area (Å²) in [5.74, 6) is -0.0657. The van der Waals surface area contributed by atoms with Gasteiger partial charge in [-0.3, -0.25) is 0 Å². The number of hydrogen-bond acceptors (Lipinski definition) is 2. The molecule has 1 unspecified atom stereocenters. The van der Waals surface area contributed by atoms with Crippen molar-refractivity contribution >= 4 is 0 Å². The molecular formula is C17H25F2NO. The summed E-state index contributed by atoms with van der Waals surface area (Å²) >= 11 is 0. The molecule has 0 amide bonds. The molecule has 0 aromatic heterocycles. The lowest BCUT2D eigenvalue weighted by Crippen LogP contribution is -2.39. The molecule has 1 atom stereocenters. The summed E-state index contributed by atoms with van der Waals surface area (Å²) in [6.07, 6.45) is 4.09. The molecular weight excluding hydrogens is 272 g/mol. The first-order valence-corrected chi connectivity index (χ1v) is 7.91. The molecule has 1 aromatic rings. The Hall–Kier alpha value is -1.00. The van der Waals surface area contributed by atoms with E-state index >= 15 is 0 Å². The van der Waals surface area contributed by atoms with Gasteiger partial charge in [0.2, 0.25) is 0 Å². The number of rotatable bonds is 8. The van der Waals surface area contributed by atoms with Gasteiger partial charge in [0.15, 0.2) is 0 Å². The maximum atomic E-state index is 13.8. The zero-order chi connectivity index (χ0) is 15.2. The molecule has 118 valence electrons. The molecule has 2 nitrogen and oxygen atoms in total. The van der Waals surface area contributed by atoms with Gasteiger partial charge in [-0.15, -0.1) is 0 Å². The first-order chi connectivity index (χ1) is 10.1. The minimum Gasteiger partial charge on any atom is -0.378 e. The second kappa shape index (κ2) is 7.85. The van der Waals surface area contributed by atoms with Gasteiger partial charge >= 0.3 is 0 Å². The van der Waals surface area contributed by atoms with Gasteiger partial charge in [0.1, 0.15) is 11.6 Å². The normalized spacial score (nSPS) is 22.9. The van der Waals surface area contributed by atoms with Crippen LogP contribution in [-0.4, -0.2) is 25.3 Å². The first-order valence-electron chi connectivity index (χ1n) is 7.91. The van der Waals surface area contributed by atoms with Gasteiger partial charge in [-0.25, -0.2) is 8.78 Å². The number of benzene rings is 1. The predicted molar refractivity (Wildman–Crippen MR) is 80.3 cm³/mol. The smallest absolute Gasteiger partial charge is 0.126 e. The second-order valence-electron chi connectivity index (χ2n) is 5.84. The van der Waals surface area contributed by atoms with Crippen LogP contribution in [0.3, 0.4) is 0 Å². The fourth-order valence-electron chi connectivity index (χ4n) is 3.13. The Morgan fingerprint density at radius 3 is 2.71 bits per heavy atom. The van der Waals surface area contributed by atoms with E-state index in [1.807, 2.05) is 13.8 Å². The Bertz CT molecular complexity index is 446. The van der Waals surface area contributed by atoms with Crippen LogP contribution in [0.2, 0.25) is 0 Å². The molecule has 0 heterocycles. The van der Waals surface area contributed by atoms with Crippen LogP contribution in [0.4, 0.5) is 8.78 Å². The lowest BCUT2D eigenvalue weighted by molar-refractivity contribution is -0.0290. The third-order valence-electron chi connectivity index (χ3n) is 4.18. The van der Waals surface area contributed by atoms with Gasteiger partial charge in [-0.05, 0) is 68.8 Å². The van der Waals surface area contributed by atoms with Crippen LogP contribution in [0.15, 0.2) is 18.2 Å². The molecule has 0 spiro atoms. The van der Waals surface area contributed by atoms with Crippen molar-refractivity contribution in [3.05, 3.63) is 35.4 Å². The van der Waals surface area contributed by atoms with Gasteiger partial charge in [-0.1, -0.05) is 6.92 Å². The number of nitrogens with one attached hydrogen (secondary N) is 1. The molecule has 0 saturated heterocycles. The van der Waals surface area contributed by atoms with Crippen molar-refractivity contribution in [1.29, 1.82) is 0 Å². The minimum atomic E-state index is -0.373. The zero-order valence-corrected chi connectivity index (χ0v) is 12.9. The Morgan fingerprint density at radius 2 is 2.05 bits per heavy atom. The highest BCUT2D eigenvalue weighted by atomic mass is 19.1. The average Bonchev–Trinajstić information content (AvgIpc) is 2.41. The SMILES string of the molecule is CCNC(Cc1cc(F)ccc1F)CC1CC(OCC)C1. The van der Waals surface area contributed by atoms with Crippen LogP contribution in [0.25, 0.3) is 0 Å². The minimum absolute atomic E-state index is 0.193. The molecule has 0 aliphatic heterocycles. The molecule has 1 aliphatic rings. The summed E-state index contributed by atoms with van der Waals surface area (Å²) < 4.78 is 32.6. The number of halogens is 2. The number of likely N-dealkylation sites (N-methyl/N-ethyl adjacent to an activating group) is 1. The molecule has 1 aromatic carbocycles. The van der Waals surface area contributed by atoms with E-state index in [9.17, 15) is 8.78 Å². The van der Waals surface area contributed by atoms with Gasteiger partial charge in [0.05, 0.1) is 6.10 Å². The highest BCUT2D eigenvalue weighted by Crippen LogP contribution is 2.34.